The summed E-state index contributed by atoms with van der Waals surface area (Å²) in [5.74, 6) is -0.246. The number of carboxylic acids is 1. The van der Waals surface area contributed by atoms with Gasteiger partial charge in [-0.25, -0.2) is 4.79 Å². The molecule has 0 spiro atoms. The number of carbonyl (C=O) groups is 2. The summed E-state index contributed by atoms with van der Waals surface area (Å²) < 4.78 is 0. The maximum atomic E-state index is 12.4. The molecule has 0 saturated carbocycles. The first-order valence-corrected chi connectivity index (χ1v) is 7.47. The third-order valence-corrected chi connectivity index (χ3v) is 4.45. The Labute approximate surface area is 123 Å². The Morgan fingerprint density at radius 2 is 1.90 bits per heavy atom. The van der Waals surface area contributed by atoms with Crippen molar-refractivity contribution >= 4 is 11.9 Å². The Kier molecular flexibility index (Phi) is 3.92. The maximum Gasteiger partial charge on any atom is 0.335 e. The first-order valence-electron chi connectivity index (χ1n) is 7.47. The number of nitrogens with one attached hydrogen (secondary N) is 1. The van der Waals surface area contributed by atoms with Gasteiger partial charge in [-0.15, -0.1) is 0 Å². The highest BCUT2D eigenvalue weighted by molar-refractivity contribution is 5.88. The fraction of sp³-hybridized carbons (Fsp3) is 0.500. The Morgan fingerprint density at radius 3 is 2.62 bits per heavy atom. The van der Waals surface area contributed by atoms with Crippen molar-refractivity contribution in [2.45, 2.75) is 32.4 Å². The molecule has 3 rings (SSSR count). The van der Waals surface area contributed by atoms with Crippen molar-refractivity contribution in [1.29, 1.82) is 0 Å². The lowest BCUT2D eigenvalue weighted by molar-refractivity contribution is -0.133. The van der Waals surface area contributed by atoms with Gasteiger partial charge in [-0.1, -0.05) is 6.07 Å². The predicted molar refractivity (Wildman–Crippen MR) is 77.9 cm³/mol. The van der Waals surface area contributed by atoms with E-state index >= 15 is 0 Å². The summed E-state index contributed by atoms with van der Waals surface area (Å²) in [5, 5.41) is 12.3. The molecule has 1 amide bonds. The van der Waals surface area contributed by atoms with Crippen molar-refractivity contribution in [3.8, 4) is 0 Å². The van der Waals surface area contributed by atoms with Gasteiger partial charge in [0.15, 0.2) is 0 Å². The summed E-state index contributed by atoms with van der Waals surface area (Å²) in [7, 11) is 0. The predicted octanol–water partition coefficient (Wildman–Crippen LogP) is 1.62. The highest BCUT2D eigenvalue weighted by Gasteiger charge is 2.26. The minimum atomic E-state index is -0.919. The standard InChI is InChI=1S/C16H20N2O3/c19-15(7-11-3-5-17-6-4-11)18-9-13-2-1-12(16(20)21)8-14(13)10-18/h1-2,8,11,17H,3-7,9-10H2,(H,20,21). The molecule has 21 heavy (non-hydrogen) atoms. The number of carboxylic acid groups (broad SMARTS) is 1. The Hall–Kier alpha value is -1.88. The van der Waals surface area contributed by atoms with E-state index in [1.54, 1.807) is 12.1 Å². The largest absolute Gasteiger partial charge is 0.478 e. The molecule has 1 saturated heterocycles. The molecule has 0 atom stereocenters. The SMILES string of the molecule is O=C(O)c1ccc2c(c1)CN(C(=O)CC1CCNCC1)C2. The summed E-state index contributed by atoms with van der Waals surface area (Å²) in [5.41, 5.74) is 2.33. The quantitative estimate of drug-likeness (QED) is 0.886. The average Bonchev–Trinajstić information content (AvgIpc) is 2.91. The Bertz CT molecular complexity index is 565. The van der Waals surface area contributed by atoms with Crippen molar-refractivity contribution < 1.29 is 14.7 Å². The van der Waals surface area contributed by atoms with E-state index in [2.05, 4.69) is 5.32 Å². The van der Waals surface area contributed by atoms with Crippen LogP contribution in [0, 0.1) is 5.92 Å². The van der Waals surface area contributed by atoms with Gasteiger partial charge >= 0.3 is 5.97 Å². The molecule has 1 aromatic rings. The van der Waals surface area contributed by atoms with Gasteiger partial charge < -0.3 is 15.3 Å². The second-order valence-corrected chi connectivity index (χ2v) is 5.94. The zero-order valence-electron chi connectivity index (χ0n) is 12.0. The van der Waals surface area contributed by atoms with E-state index in [0.29, 0.717) is 31.0 Å². The highest BCUT2D eigenvalue weighted by Crippen LogP contribution is 2.26. The number of fused-ring (bicyclic) bond motifs is 1. The van der Waals surface area contributed by atoms with Crippen molar-refractivity contribution in [1.82, 2.24) is 10.2 Å². The van der Waals surface area contributed by atoms with Crippen LogP contribution in [0.25, 0.3) is 0 Å². The number of hydrogen-bond acceptors (Lipinski definition) is 3. The molecule has 1 fully saturated rings. The highest BCUT2D eigenvalue weighted by atomic mass is 16.4. The molecule has 2 heterocycles. The zero-order chi connectivity index (χ0) is 14.8. The van der Waals surface area contributed by atoms with Crippen molar-refractivity contribution in [3.05, 3.63) is 34.9 Å². The first-order chi connectivity index (χ1) is 10.1. The number of nitrogens with zero attached hydrogens (tertiary/aromatic N) is 1. The van der Waals surface area contributed by atoms with Gasteiger partial charge in [0.1, 0.15) is 0 Å². The van der Waals surface area contributed by atoms with Gasteiger partial charge in [-0.2, -0.15) is 0 Å². The molecule has 112 valence electrons. The molecule has 1 aromatic carbocycles. The third kappa shape index (κ3) is 3.08. The number of carbonyl (C=O) groups excluding carboxylic acids is 1. The summed E-state index contributed by atoms with van der Waals surface area (Å²) in [4.78, 5) is 25.2. The molecule has 2 N–H and O–H groups in total. The smallest absolute Gasteiger partial charge is 0.335 e. The lowest BCUT2D eigenvalue weighted by Crippen LogP contribution is -2.32. The molecule has 5 nitrogen and oxygen atoms in total. The summed E-state index contributed by atoms with van der Waals surface area (Å²) in [6.45, 7) is 3.15. The molecule has 0 unspecified atom stereocenters. The number of piperidine rings is 1. The zero-order valence-corrected chi connectivity index (χ0v) is 12.0. The Balaban J connectivity index is 1.63. The molecule has 0 aliphatic carbocycles. The molecule has 0 aromatic heterocycles. The second-order valence-electron chi connectivity index (χ2n) is 5.94. The molecule has 2 aliphatic rings. The summed E-state index contributed by atoms with van der Waals surface area (Å²) in [6, 6.07) is 5.13. The molecule has 0 radical (unpaired) electrons. The van der Waals surface area contributed by atoms with E-state index < -0.39 is 5.97 Å². The van der Waals surface area contributed by atoms with E-state index in [9.17, 15) is 9.59 Å². The fourth-order valence-electron chi connectivity index (χ4n) is 3.17. The molecule has 0 bridgehead atoms. The van der Waals surface area contributed by atoms with Gasteiger partial charge in [-0.05, 0) is 55.1 Å². The number of hydrogen-bond donors (Lipinski definition) is 2. The number of benzene rings is 1. The van der Waals surface area contributed by atoms with Crippen LogP contribution in [0.2, 0.25) is 0 Å². The topological polar surface area (TPSA) is 69.6 Å². The molecule has 5 heteroatoms. The van der Waals surface area contributed by atoms with Crippen LogP contribution in [0.4, 0.5) is 0 Å². The normalized spacial score (nSPS) is 18.6. The van der Waals surface area contributed by atoms with Crippen LogP contribution in [0.15, 0.2) is 18.2 Å². The number of rotatable bonds is 3. The second kappa shape index (κ2) is 5.85. The van der Waals surface area contributed by atoms with Crippen LogP contribution in [0.1, 0.15) is 40.7 Å². The van der Waals surface area contributed by atoms with Gasteiger partial charge in [0.2, 0.25) is 5.91 Å². The van der Waals surface area contributed by atoms with E-state index in [1.807, 2.05) is 11.0 Å². The molecular formula is C16H20N2O3. The first kappa shape index (κ1) is 14.1. The monoisotopic (exact) mass is 288 g/mol. The van der Waals surface area contributed by atoms with Crippen molar-refractivity contribution in [2.75, 3.05) is 13.1 Å². The minimum Gasteiger partial charge on any atom is -0.478 e. The van der Waals surface area contributed by atoms with Crippen LogP contribution in [-0.2, 0) is 17.9 Å². The van der Waals surface area contributed by atoms with E-state index in [-0.39, 0.29) is 5.91 Å². The number of aromatic carboxylic acids is 1. The summed E-state index contributed by atoms with van der Waals surface area (Å²) >= 11 is 0. The summed E-state index contributed by atoms with van der Waals surface area (Å²) in [6.07, 6.45) is 2.74. The van der Waals surface area contributed by atoms with Crippen molar-refractivity contribution in [2.24, 2.45) is 5.92 Å². The number of amides is 1. The maximum absolute atomic E-state index is 12.4. The lowest BCUT2D eigenvalue weighted by atomic mass is 9.94. The molecular weight excluding hydrogens is 268 g/mol. The van der Waals surface area contributed by atoms with Crippen LogP contribution in [0.5, 0.6) is 0 Å². The van der Waals surface area contributed by atoms with Crippen LogP contribution in [0.3, 0.4) is 0 Å². The molecule has 2 aliphatic heterocycles. The van der Waals surface area contributed by atoms with Gasteiger partial charge in [0.25, 0.3) is 0 Å². The Morgan fingerprint density at radius 1 is 1.19 bits per heavy atom. The third-order valence-electron chi connectivity index (χ3n) is 4.45. The van der Waals surface area contributed by atoms with E-state index in [4.69, 9.17) is 5.11 Å². The van der Waals surface area contributed by atoms with Gasteiger partial charge in [0.05, 0.1) is 5.56 Å². The van der Waals surface area contributed by atoms with E-state index in [0.717, 1.165) is 37.1 Å². The van der Waals surface area contributed by atoms with Gasteiger partial charge in [0, 0.05) is 19.5 Å². The van der Waals surface area contributed by atoms with Crippen molar-refractivity contribution in [3.63, 3.8) is 0 Å². The lowest BCUT2D eigenvalue weighted by Gasteiger charge is -2.24. The van der Waals surface area contributed by atoms with Crippen LogP contribution < -0.4 is 5.32 Å². The van der Waals surface area contributed by atoms with E-state index in [1.165, 1.54) is 0 Å². The van der Waals surface area contributed by atoms with Gasteiger partial charge in [-0.3, -0.25) is 4.79 Å². The van der Waals surface area contributed by atoms with Crippen LogP contribution in [-0.4, -0.2) is 35.0 Å². The fourth-order valence-corrected chi connectivity index (χ4v) is 3.17. The van der Waals surface area contributed by atoms with Crippen LogP contribution >= 0.6 is 0 Å². The average molecular weight is 288 g/mol. The minimum absolute atomic E-state index is 0.190.